The van der Waals surface area contributed by atoms with Crippen LogP contribution in [0, 0.1) is 0 Å². The van der Waals surface area contributed by atoms with E-state index in [-0.39, 0.29) is 0 Å². The van der Waals surface area contributed by atoms with Crippen molar-refractivity contribution in [3.8, 4) is 5.88 Å². The van der Waals surface area contributed by atoms with Crippen molar-refractivity contribution >= 4 is 5.82 Å². The molecule has 1 N–H and O–H groups in total. The number of nitrogens with zero attached hydrogens (tertiary/aromatic N) is 2. The van der Waals surface area contributed by atoms with Crippen molar-refractivity contribution < 1.29 is 4.74 Å². The second kappa shape index (κ2) is 2.69. The molecule has 2 rings (SSSR count). The minimum Gasteiger partial charge on any atom is -0.481 e. The zero-order chi connectivity index (χ0) is 8.55. The topological polar surface area (TPSA) is 39.1 Å². The molecule has 0 saturated heterocycles. The number of aryl methyl sites for hydroxylation is 1. The fraction of sp³-hybridized carbons (Fsp3) is 0.625. The van der Waals surface area contributed by atoms with E-state index >= 15 is 0 Å². The summed E-state index contributed by atoms with van der Waals surface area (Å²) in [5, 5.41) is 7.55. The Labute approximate surface area is 71.5 Å². The largest absolute Gasteiger partial charge is 0.481 e. The first-order chi connectivity index (χ1) is 5.83. The van der Waals surface area contributed by atoms with Crippen LogP contribution in [-0.2, 0) is 13.5 Å². The van der Waals surface area contributed by atoms with E-state index in [0.717, 1.165) is 31.1 Å². The first-order valence-corrected chi connectivity index (χ1v) is 4.16. The highest BCUT2D eigenvalue weighted by Crippen LogP contribution is 2.29. The number of aromatic nitrogens is 2. The van der Waals surface area contributed by atoms with Crippen LogP contribution in [0.5, 0.6) is 5.88 Å². The quantitative estimate of drug-likeness (QED) is 0.672. The van der Waals surface area contributed by atoms with Crippen LogP contribution in [0.25, 0.3) is 0 Å². The van der Waals surface area contributed by atoms with Gasteiger partial charge in [-0.3, -0.25) is 0 Å². The van der Waals surface area contributed by atoms with E-state index in [9.17, 15) is 0 Å². The van der Waals surface area contributed by atoms with Gasteiger partial charge in [-0.1, -0.05) is 0 Å². The van der Waals surface area contributed by atoms with Crippen molar-refractivity contribution in [2.75, 3.05) is 19.0 Å². The highest BCUT2D eigenvalue weighted by atomic mass is 16.5. The molecular weight excluding hydrogens is 154 g/mol. The molecule has 0 atom stereocenters. The van der Waals surface area contributed by atoms with Gasteiger partial charge in [0, 0.05) is 13.6 Å². The number of ether oxygens (including phenoxy) is 1. The first kappa shape index (κ1) is 7.46. The SMILES string of the molecule is COc1c2c(nn1C)NCCC2. The molecule has 12 heavy (non-hydrogen) atoms. The lowest BCUT2D eigenvalue weighted by Gasteiger charge is -2.11. The van der Waals surface area contributed by atoms with Gasteiger partial charge in [0.15, 0.2) is 5.82 Å². The van der Waals surface area contributed by atoms with Gasteiger partial charge in [-0.25, -0.2) is 4.68 Å². The van der Waals surface area contributed by atoms with Crippen LogP contribution in [0.15, 0.2) is 0 Å². The van der Waals surface area contributed by atoms with E-state index in [4.69, 9.17) is 4.74 Å². The minimum absolute atomic E-state index is 0.886. The smallest absolute Gasteiger partial charge is 0.216 e. The van der Waals surface area contributed by atoms with Gasteiger partial charge in [0.1, 0.15) is 0 Å². The molecule has 1 aliphatic heterocycles. The highest BCUT2D eigenvalue weighted by molar-refractivity contribution is 5.51. The van der Waals surface area contributed by atoms with E-state index in [2.05, 4.69) is 10.4 Å². The Morgan fingerprint density at radius 2 is 2.42 bits per heavy atom. The van der Waals surface area contributed by atoms with Crippen molar-refractivity contribution in [1.29, 1.82) is 0 Å². The fourth-order valence-corrected chi connectivity index (χ4v) is 1.65. The normalized spacial score (nSPS) is 15.2. The second-order valence-corrected chi connectivity index (χ2v) is 2.99. The summed E-state index contributed by atoms with van der Waals surface area (Å²) in [5.74, 6) is 1.87. The number of hydrogen-bond donors (Lipinski definition) is 1. The number of methoxy groups -OCH3 is 1. The second-order valence-electron chi connectivity index (χ2n) is 2.99. The molecule has 0 unspecified atom stereocenters. The summed E-state index contributed by atoms with van der Waals surface area (Å²) < 4.78 is 7.02. The first-order valence-electron chi connectivity index (χ1n) is 4.16. The molecule has 0 fully saturated rings. The minimum atomic E-state index is 0.886. The standard InChI is InChI=1S/C8H13N3O/c1-11-8(12-2)6-4-3-5-9-7(6)10-11/h3-5H2,1-2H3,(H,9,10). The summed E-state index contributed by atoms with van der Waals surface area (Å²) in [6.07, 6.45) is 2.23. The summed E-state index contributed by atoms with van der Waals surface area (Å²) in [6, 6.07) is 0. The molecule has 0 aliphatic carbocycles. The highest BCUT2D eigenvalue weighted by Gasteiger charge is 2.18. The average molecular weight is 167 g/mol. The van der Waals surface area contributed by atoms with Gasteiger partial charge in [-0.2, -0.15) is 5.10 Å². The van der Waals surface area contributed by atoms with Gasteiger partial charge in [0.05, 0.1) is 12.7 Å². The summed E-state index contributed by atoms with van der Waals surface area (Å²) >= 11 is 0. The van der Waals surface area contributed by atoms with Gasteiger partial charge in [0.25, 0.3) is 0 Å². The third-order valence-electron chi connectivity index (χ3n) is 2.18. The number of rotatable bonds is 1. The molecule has 0 aromatic carbocycles. The summed E-state index contributed by atoms with van der Waals surface area (Å²) in [6.45, 7) is 1.02. The van der Waals surface area contributed by atoms with Crippen LogP contribution >= 0.6 is 0 Å². The van der Waals surface area contributed by atoms with Crippen LogP contribution in [0.1, 0.15) is 12.0 Å². The van der Waals surface area contributed by atoms with E-state index < -0.39 is 0 Å². The average Bonchev–Trinajstić information content (AvgIpc) is 2.40. The maximum Gasteiger partial charge on any atom is 0.216 e. The molecule has 66 valence electrons. The molecule has 0 spiro atoms. The Hall–Kier alpha value is -1.19. The summed E-state index contributed by atoms with van der Waals surface area (Å²) in [7, 11) is 3.59. The van der Waals surface area contributed by atoms with Gasteiger partial charge >= 0.3 is 0 Å². The lowest BCUT2D eigenvalue weighted by molar-refractivity contribution is 0.369. The molecule has 1 aromatic rings. The van der Waals surface area contributed by atoms with Crippen LogP contribution < -0.4 is 10.1 Å². The van der Waals surface area contributed by atoms with Crippen LogP contribution in [0.4, 0.5) is 5.82 Å². The van der Waals surface area contributed by atoms with E-state index in [1.54, 1.807) is 11.8 Å². The van der Waals surface area contributed by atoms with Crippen LogP contribution in [0.3, 0.4) is 0 Å². The van der Waals surface area contributed by atoms with E-state index in [1.807, 2.05) is 7.05 Å². The molecule has 4 nitrogen and oxygen atoms in total. The lowest BCUT2D eigenvalue weighted by atomic mass is 10.1. The van der Waals surface area contributed by atoms with Gasteiger partial charge < -0.3 is 10.1 Å². The Bertz CT molecular complexity index is 293. The molecule has 0 radical (unpaired) electrons. The van der Waals surface area contributed by atoms with Gasteiger partial charge in [0.2, 0.25) is 5.88 Å². The Morgan fingerprint density at radius 1 is 1.58 bits per heavy atom. The predicted molar refractivity (Wildman–Crippen MR) is 46.6 cm³/mol. The molecule has 4 heteroatoms. The Kier molecular flexibility index (Phi) is 1.67. The maximum atomic E-state index is 5.24. The molecule has 2 heterocycles. The fourth-order valence-electron chi connectivity index (χ4n) is 1.65. The monoisotopic (exact) mass is 167 g/mol. The summed E-state index contributed by atoms with van der Waals surface area (Å²) in [4.78, 5) is 0. The van der Waals surface area contributed by atoms with E-state index in [0.29, 0.717) is 0 Å². The zero-order valence-electron chi connectivity index (χ0n) is 7.42. The van der Waals surface area contributed by atoms with Gasteiger partial charge in [-0.05, 0) is 12.8 Å². The van der Waals surface area contributed by atoms with Crippen molar-refractivity contribution in [3.63, 3.8) is 0 Å². The lowest BCUT2D eigenvalue weighted by Crippen LogP contribution is -2.10. The number of fused-ring (bicyclic) bond motifs is 1. The molecule has 0 bridgehead atoms. The number of hydrogen-bond acceptors (Lipinski definition) is 3. The van der Waals surface area contributed by atoms with Crippen molar-refractivity contribution in [3.05, 3.63) is 5.56 Å². The zero-order valence-corrected chi connectivity index (χ0v) is 7.42. The van der Waals surface area contributed by atoms with Gasteiger partial charge in [-0.15, -0.1) is 0 Å². The van der Waals surface area contributed by atoms with Crippen LogP contribution in [-0.4, -0.2) is 23.4 Å². The molecule has 0 amide bonds. The number of nitrogens with one attached hydrogen (secondary N) is 1. The van der Waals surface area contributed by atoms with Crippen molar-refractivity contribution in [2.45, 2.75) is 12.8 Å². The third-order valence-corrected chi connectivity index (χ3v) is 2.18. The van der Waals surface area contributed by atoms with Crippen LogP contribution in [0.2, 0.25) is 0 Å². The molecule has 1 aromatic heterocycles. The van der Waals surface area contributed by atoms with Crippen molar-refractivity contribution in [2.24, 2.45) is 7.05 Å². The molecule has 1 aliphatic rings. The molecule has 0 saturated carbocycles. The summed E-state index contributed by atoms with van der Waals surface area (Å²) in [5.41, 5.74) is 1.21. The Morgan fingerprint density at radius 3 is 3.17 bits per heavy atom. The third kappa shape index (κ3) is 0.948. The van der Waals surface area contributed by atoms with E-state index in [1.165, 1.54) is 5.56 Å². The Balaban J connectivity index is 2.46. The molecular formula is C8H13N3O. The van der Waals surface area contributed by atoms with Crippen molar-refractivity contribution in [1.82, 2.24) is 9.78 Å². The predicted octanol–water partition coefficient (Wildman–Crippen LogP) is 0.787. The maximum absolute atomic E-state index is 5.24. The number of anilines is 1.